The molecule has 3 nitrogen and oxygen atoms in total. The smallest absolute Gasteiger partial charge is 0.138 e. The Morgan fingerprint density at radius 2 is 0.873 bits per heavy atom. The first kappa shape index (κ1) is 35.0. The number of para-hydroxylation sites is 1. The Labute approximate surface area is 365 Å². The number of hydrogen-bond acceptors (Lipinski definition) is 2. The third-order valence-corrected chi connectivity index (χ3v) is 14.9. The minimum Gasteiger partial charge on any atom is -0.456 e. The molecule has 0 unspecified atom stereocenters. The van der Waals surface area contributed by atoms with Gasteiger partial charge >= 0.3 is 0 Å². The SMILES string of the molecule is CC1(C)c2ccccc2-c2ccc(N(c3ccc4c(c3)C(C)(C)c3ccccc3-4)c3ccc4c(c3)c3ccccc3n4-c3cc4oc5cccc6c7ccccc7c(c3)c4c56)cc21. The van der Waals surface area contributed by atoms with Gasteiger partial charge in [0.25, 0.3) is 0 Å². The fourth-order valence-electron chi connectivity index (χ4n) is 11.9. The van der Waals surface area contributed by atoms with E-state index in [1.54, 1.807) is 0 Å². The van der Waals surface area contributed by atoms with E-state index in [0.29, 0.717) is 0 Å². The van der Waals surface area contributed by atoms with Crippen LogP contribution in [0, 0.1) is 0 Å². The molecule has 2 aromatic heterocycles. The van der Waals surface area contributed by atoms with Crippen LogP contribution in [0.3, 0.4) is 0 Å². The van der Waals surface area contributed by atoms with E-state index in [-0.39, 0.29) is 10.8 Å². The van der Waals surface area contributed by atoms with Crippen LogP contribution < -0.4 is 4.90 Å². The molecule has 0 amide bonds. The number of fused-ring (bicyclic) bond motifs is 12. The van der Waals surface area contributed by atoms with Crippen molar-refractivity contribution in [1.29, 1.82) is 0 Å². The largest absolute Gasteiger partial charge is 0.456 e. The van der Waals surface area contributed by atoms with E-state index in [0.717, 1.165) is 44.9 Å². The fraction of sp³-hybridized carbons (Fsp3) is 0.100. The Hall–Kier alpha value is -7.62. The lowest BCUT2D eigenvalue weighted by atomic mass is 9.82. The zero-order valence-corrected chi connectivity index (χ0v) is 35.6. The van der Waals surface area contributed by atoms with Gasteiger partial charge in [0.2, 0.25) is 0 Å². The molecule has 0 spiro atoms. The highest BCUT2D eigenvalue weighted by molar-refractivity contribution is 6.33. The first-order chi connectivity index (χ1) is 30.8. The summed E-state index contributed by atoms with van der Waals surface area (Å²) in [7, 11) is 0. The number of anilines is 3. The van der Waals surface area contributed by atoms with E-state index in [1.807, 2.05) is 0 Å². The molecule has 10 aromatic carbocycles. The van der Waals surface area contributed by atoms with Crippen LogP contribution in [0.5, 0.6) is 0 Å². The average Bonchev–Trinajstić information content (AvgIpc) is 3.99. The van der Waals surface area contributed by atoms with Crippen molar-refractivity contribution in [3.05, 3.63) is 204 Å². The summed E-state index contributed by atoms with van der Waals surface area (Å²) in [5.41, 5.74) is 19.2. The fourth-order valence-corrected chi connectivity index (χ4v) is 11.9. The van der Waals surface area contributed by atoms with Crippen LogP contribution in [-0.4, -0.2) is 4.57 Å². The monoisotopic (exact) mass is 806 g/mol. The van der Waals surface area contributed by atoms with Gasteiger partial charge in [-0.3, -0.25) is 0 Å². The Bertz CT molecular complexity index is 3820. The van der Waals surface area contributed by atoms with Crippen molar-refractivity contribution in [3.63, 3.8) is 0 Å². The molecule has 12 aromatic rings. The maximum Gasteiger partial charge on any atom is 0.138 e. The summed E-state index contributed by atoms with van der Waals surface area (Å²) in [6, 6.07) is 67.9. The van der Waals surface area contributed by atoms with Gasteiger partial charge in [-0.15, -0.1) is 0 Å². The Balaban J connectivity index is 1.00. The Morgan fingerprint density at radius 1 is 0.365 bits per heavy atom. The van der Waals surface area contributed by atoms with Gasteiger partial charge in [0.05, 0.1) is 16.7 Å². The topological polar surface area (TPSA) is 21.3 Å². The minimum absolute atomic E-state index is 0.130. The van der Waals surface area contributed by atoms with Gasteiger partial charge in [0.1, 0.15) is 11.2 Å². The lowest BCUT2D eigenvalue weighted by molar-refractivity contribution is 0.660. The number of nitrogens with zero attached hydrogens (tertiary/aromatic N) is 2. The molecule has 2 heterocycles. The molecule has 2 aliphatic carbocycles. The van der Waals surface area contributed by atoms with Crippen LogP contribution in [0.2, 0.25) is 0 Å². The molecule has 0 fully saturated rings. The molecule has 0 aliphatic heterocycles. The predicted octanol–water partition coefficient (Wildman–Crippen LogP) is 16.5. The number of benzene rings is 10. The van der Waals surface area contributed by atoms with Crippen molar-refractivity contribution in [2.24, 2.45) is 0 Å². The molecular weight excluding hydrogens is 765 g/mol. The van der Waals surface area contributed by atoms with E-state index in [1.165, 1.54) is 87.6 Å². The number of aromatic nitrogens is 1. The third kappa shape index (κ3) is 4.54. The average molecular weight is 807 g/mol. The van der Waals surface area contributed by atoms with Gasteiger partial charge in [0.15, 0.2) is 0 Å². The molecule has 2 aliphatic rings. The van der Waals surface area contributed by atoms with E-state index < -0.39 is 0 Å². The first-order valence-corrected chi connectivity index (χ1v) is 22.2. The van der Waals surface area contributed by atoms with Crippen LogP contribution in [0.15, 0.2) is 186 Å². The quantitative estimate of drug-likeness (QED) is 0.165. The number of furan rings is 1. The van der Waals surface area contributed by atoms with Crippen molar-refractivity contribution in [2.75, 3.05) is 4.90 Å². The second-order valence-electron chi connectivity index (χ2n) is 18.9. The van der Waals surface area contributed by atoms with E-state index in [9.17, 15) is 0 Å². The molecule has 0 saturated heterocycles. The summed E-state index contributed by atoms with van der Waals surface area (Å²) in [5, 5.41) is 9.77. The van der Waals surface area contributed by atoms with Gasteiger partial charge in [0, 0.05) is 55.5 Å². The van der Waals surface area contributed by atoms with Crippen LogP contribution in [0.1, 0.15) is 49.9 Å². The molecule has 14 rings (SSSR count). The summed E-state index contributed by atoms with van der Waals surface area (Å²) in [6.07, 6.45) is 0. The normalized spacial score (nSPS) is 14.6. The van der Waals surface area contributed by atoms with E-state index in [4.69, 9.17) is 4.42 Å². The summed E-state index contributed by atoms with van der Waals surface area (Å²) >= 11 is 0. The van der Waals surface area contributed by atoms with Crippen LogP contribution >= 0.6 is 0 Å². The van der Waals surface area contributed by atoms with Gasteiger partial charge < -0.3 is 13.9 Å². The zero-order chi connectivity index (χ0) is 41.9. The molecule has 298 valence electrons. The maximum atomic E-state index is 6.71. The van der Waals surface area contributed by atoms with Crippen LogP contribution in [0.25, 0.3) is 93.2 Å². The number of rotatable bonds is 4. The highest BCUT2D eigenvalue weighted by atomic mass is 16.3. The molecule has 0 atom stereocenters. The van der Waals surface area contributed by atoms with Gasteiger partial charge in [-0.25, -0.2) is 0 Å². The van der Waals surface area contributed by atoms with E-state index >= 15 is 0 Å². The van der Waals surface area contributed by atoms with Gasteiger partial charge in [-0.1, -0.05) is 143 Å². The first-order valence-electron chi connectivity index (χ1n) is 22.2. The predicted molar refractivity (Wildman–Crippen MR) is 264 cm³/mol. The lowest BCUT2D eigenvalue weighted by Gasteiger charge is -2.30. The van der Waals surface area contributed by atoms with Gasteiger partial charge in [-0.2, -0.15) is 0 Å². The summed E-state index contributed by atoms with van der Waals surface area (Å²) in [5.74, 6) is 0. The Morgan fingerprint density at radius 3 is 1.56 bits per heavy atom. The second-order valence-corrected chi connectivity index (χ2v) is 18.9. The molecular formula is C60H42N2O. The van der Waals surface area contributed by atoms with Crippen molar-refractivity contribution >= 4 is 82.4 Å². The van der Waals surface area contributed by atoms with Crippen LogP contribution in [-0.2, 0) is 10.8 Å². The Kier molecular flexibility index (Phi) is 6.70. The van der Waals surface area contributed by atoms with E-state index in [2.05, 4.69) is 219 Å². The van der Waals surface area contributed by atoms with Crippen molar-refractivity contribution in [3.8, 4) is 27.9 Å². The maximum absolute atomic E-state index is 6.71. The highest BCUT2D eigenvalue weighted by Crippen LogP contribution is 2.54. The van der Waals surface area contributed by atoms with Gasteiger partial charge in [-0.05, 0) is 127 Å². The second kappa shape index (κ2) is 12.1. The molecule has 0 bridgehead atoms. The molecule has 63 heavy (non-hydrogen) atoms. The lowest BCUT2D eigenvalue weighted by Crippen LogP contribution is -2.18. The molecule has 3 heteroatoms. The zero-order valence-electron chi connectivity index (χ0n) is 35.6. The highest BCUT2D eigenvalue weighted by Gasteiger charge is 2.38. The molecule has 0 radical (unpaired) electrons. The standard InChI is InChI=1S/C60H42N2O/c1-59(2)49-20-10-7-16-41(49)43-27-24-36(32-51(43)59)61(37-25-28-44-42-17-8-11-21-50(42)60(3,4)52(44)33-37)35-26-29-54-47(30-35)45-18-9-12-22-53(45)62(54)38-31-48-40-15-6-5-14-39(40)46-19-13-23-55-57(46)58(48)56(34-38)63-55/h5-34H,1-4H3. The van der Waals surface area contributed by atoms with Crippen molar-refractivity contribution in [2.45, 2.75) is 38.5 Å². The third-order valence-electron chi connectivity index (χ3n) is 14.9. The summed E-state index contributed by atoms with van der Waals surface area (Å²) in [6.45, 7) is 9.48. The summed E-state index contributed by atoms with van der Waals surface area (Å²) in [4.78, 5) is 2.49. The molecule has 0 N–H and O–H groups in total. The van der Waals surface area contributed by atoms with Crippen molar-refractivity contribution < 1.29 is 4.42 Å². The van der Waals surface area contributed by atoms with Crippen molar-refractivity contribution in [1.82, 2.24) is 4.57 Å². The minimum atomic E-state index is -0.130. The number of hydrogen-bond donors (Lipinski definition) is 0. The van der Waals surface area contributed by atoms with Crippen LogP contribution in [0.4, 0.5) is 17.1 Å². The molecule has 0 saturated carbocycles. The summed E-state index contributed by atoms with van der Waals surface area (Å²) < 4.78 is 9.15.